The average molecular weight is 287 g/mol. The first-order chi connectivity index (χ1) is 10.0. The van der Waals surface area contributed by atoms with Crippen molar-refractivity contribution in [1.82, 2.24) is 9.97 Å². The number of aromatic nitrogens is 2. The number of benzene rings is 1. The molecule has 1 amide bonds. The fraction of sp³-hybridized carbons (Fsp3) is 0.267. The summed E-state index contributed by atoms with van der Waals surface area (Å²) in [6.07, 6.45) is 0. The highest BCUT2D eigenvalue weighted by Crippen LogP contribution is 2.16. The largest absolute Gasteiger partial charge is 0.494 e. The monoisotopic (exact) mass is 287 g/mol. The van der Waals surface area contributed by atoms with Crippen LogP contribution in [0.1, 0.15) is 28.8 Å². The van der Waals surface area contributed by atoms with E-state index in [-0.39, 0.29) is 5.56 Å². The van der Waals surface area contributed by atoms with Crippen LogP contribution in [0.4, 0.5) is 5.69 Å². The van der Waals surface area contributed by atoms with Gasteiger partial charge in [0.15, 0.2) is 0 Å². The van der Waals surface area contributed by atoms with Gasteiger partial charge in [-0.3, -0.25) is 9.59 Å². The number of hydrogen-bond donors (Lipinski definition) is 2. The SMILES string of the molecule is CCOc1ccc(NC(=O)c2c(C)nc(C)[nH]c2=O)cc1. The van der Waals surface area contributed by atoms with Crippen LogP contribution in [0.5, 0.6) is 5.75 Å². The van der Waals surface area contributed by atoms with Gasteiger partial charge in [0.2, 0.25) is 0 Å². The molecule has 2 rings (SSSR count). The van der Waals surface area contributed by atoms with Crippen LogP contribution in [0.25, 0.3) is 0 Å². The third kappa shape index (κ3) is 3.47. The van der Waals surface area contributed by atoms with Gasteiger partial charge in [0.05, 0.1) is 12.3 Å². The summed E-state index contributed by atoms with van der Waals surface area (Å²) in [5.74, 6) is 0.724. The molecule has 0 spiro atoms. The van der Waals surface area contributed by atoms with E-state index in [1.54, 1.807) is 38.1 Å². The molecule has 1 heterocycles. The molecule has 0 saturated carbocycles. The third-order valence-corrected chi connectivity index (χ3v) is 2.87. The minimum atomic E-state index is -0.481. The van der Waals surface area contributed by atoms with E-state index in [9.17, 15) is 9.59 Å². The highest BCUT2D eigenvalue weighted by Gasteiger charge is 2.15. The van der Waals surface area contributed by atoms with Crippen molar-refractivity contribution in [3.8, 4) is 5.75 Å². The van der Waals surface area contributed by atoms with Crippen LogP contribution in [0.3, 0.4) is 0 Å². The number of amides is 1. The summed E-state index contributed by atoms with van der Waals surface area (Å²) in [6.45, 7) is 5.78. The Morgan fingerprint density at radius 3 is 2.52 bits per heavy atom. The average Bonchev–Trinajstić information content (AvgIpc) is 2.40. The molecule has 0 aliphatic carbocycles. The predicted molar refractivity (Wildman–Crippen MR) is 79.9 cm³/mol. The van der Waals surface area contributed by atoms with Crippen molar-refractivity contribution < 1.29 is 9.53 Å². The Labute approximate surface area is 122 Å². The lowest BCUT2D eigenvalue weighted by atomic mass is 10.2. The highest BCUT2D eigenvalue weighted by atomic mass is 16.5. The molecule has 0 aliphatic heterocycles. The normalized spacial score (nSPS) is 10.2. The van der Waals surface area contributed by atoms with Gasteiger partial charge in [-0.15, -0.1) is 0 Å². The van der Waals surface area contributed by atoms with E-state index >= 15 is 0 Å². The minimum Gasteiger partial charge on any atom is -0.494 e. The van der Waals surface area contributed by atoms with Crippen molar-refractivity contribution in [3.63, 3.8) is 0 Å². The number of hydrogen-bond acceptors (Lipinski definition) is 4. The Hall–Kier alpha value is -2.63. The standard InChI is InChI=1S/C15H17N3O3/c1-4-21-12-7-5-11(6-8-12)18-15(20)13-9(2)16-10(3)17-14(13)19/h5-8H,4H2,1-3H3,(H,18,20)(H,16,17,19). The van der Waals surface area contributed by atoms with E-state index in [4.69, 9.17) is 4.74 Å². The first-order valence-electron chi connectivity index (χ1n) is 6.63. The highest BCUT2D eigenvalue weighted by molar-refractivity contribution is 6.04. The van der Waals surface area contributed by atoms with E-state index in [0.717, 1.165) is 5.75 Å². The molecule has 0 fully saturated rings. The summed E-state index contributed by atoms with van der Waals surface area (Å²) >= 11 is 0. The molecule has 1 aromatic carbocycles. The molecule has 110 valence electrons. The lowest BCUT2D eigenvalue weighted by Gasteiger charge is -2.08. The number of aryl methyl sites for hydroxylation is 2. The zero-order chi connectivity index (χ0) is 15.4. The van der Waals surface area contributed by atoms with Gasteiger partial charge < -0.3 is 15.0 Å². The van der Waals surface area contributed by atoms with Gasteiger partial charge in [0, 0.05) is 5.69 Å². The number of carbonyl (C=O) groups is 1. The van der Waals surface area contributed by atoms with Gasteiger partial charge in [0.1, 0.15) is 17.1 Å². The van der Waals surface area contributed by atoms with Crippen LogP contribution >= 0.6 is 0 Å². The first-order valence-corrected chi connectivity index (χ1v) is 6.63. The number of ether oxygens (including phenoxy) is 1. The summed E-state index contributed by atoms with van der Waals surface area (Å²) < 4.78 is 5.32. The lowest BCUT2D eigenvalue weighted by Crippen LogP contribution is -2.26. The summed E-state index contributed by atoms with van der Waals surface area (Å²) in [5, 5.41) is 2.67. The van der Waals surface area contributed by atoms with E-state index in [1.807, 2.05) is 6.92 Å². The molecule has 2 N–H and O–H groups in total. The van der Waals surface area contributed by atoms with Gasteiger partial charge in [-0.1, -0.05) is 0 Å². The molecule has 0 saturated heterocycles. The Balaban J connectivity index is 2.20. The molecule has 6 nitrogen and oxygen atoms in total. The van der Waals surface area contributed by atoms with Gasteiger partial charge in [-0.25, -0.2) is 4.98 Å². The summed E-state index contributed by atoms with van der Waals surface area (Å²) in [7, 11) is 0. The minimum absolute atomic E-state index is 0.0227. The summed E-state index contributed by atoms with van der Waals surface area (Å²) in [4.78, 5) is 30.7. The second kappa shape index (κ2) is 6.21. The summed E-state index contributed by atoms with van der Waals surface area (Å²) in [5.41, 5.74) is 0.570. The van der Waals surface area contributed by atoms with Crippen LogP contribution in [-0.2, 0) is 0 Å². The van der Waals surface area contributed by atoms with Gasteiger partial charge >= 0.3 is 0 Å². The number of nitrogens with one attached hydrogen (secondary N) is 2. The number of anilines is 1. The number of nitrogens with zero attached hydrogens (tertiary/aromatic N) is 1. The zero-order valence-electron chi connectivity index (χ0n) is 12.2. The maximum Gasteiger partial charge on any atom is 0.264 e. The van der Waals surface area contributed by atoms with Crippen molar-refractivity contribution >= 4 is 11.6 Å². The van der Waals surface area contributed by atoms with E-state index in [0.29, 0.717) is 23.8 Å². The van der Waals surface area contributed by atoms with E-state index in [2.05, 4.69) is 15.3 Å². The van der Waals surface area contributed by atoms with Crippen LogP contribution in [-0.4, -0.2) is 22.5 Å². The maximum atomic E-state index is 12.2. The summed E-state index contributed by atoms with van der Waals surface area (Å²) in [6, 6.07) is 6.94. The second-order valence-corrected chi connectivity index (χ2v) is 4.52. The van der Waals surface area contributed by atoms with E-state index < -0.39 is 11.5 Å². The molecule has 0 atom stereocenters. The smallest absolute Gasteiger partial charge is 0.264 e. The topological polar surface area (TPSA) is 84.1 Å². The van der Waals surface area contributed by atoms with E-state index in [1.165, 1.54) is 0 Å². The van der Waals surface area contributed by atoms with Crippen LogP contribution in [0.2, 0.25) is 0 Å². The Bertz CT molecular complexity index is 705. The predicted octanol–water partition coefficient (Wildman–Crippen LogP) is 2.04. The number of H-pyrrole nitrogens is 1. The van der Waals surface area contributed by atoms with Gasteiger partial charge in [0.25, 0.3) is 11.5 Å². The van der Waals surface area contributed by atoms with Crippen molar-refractivity contribution in [2.45, 2.75) is 20.8 Å². The molecule has 6 heteroatoms. The van der Waals surface area contributed by atoms with Crippen LogP contribution in [0, 0.1) is 13.8 Å². The molecule has 21 heavy (non-hydrogen) atoms. The second-order valence-electron chi connectivity index (χ2n) is 4.52. The first kappa shape index (κ1) is 14.8. The quantitative estimate of drug-likeness (QED) is 0.901. The molecule has 2 aromatic rings. The number of aromatic amines is 1. The van der Waals surface area contributed by atoms with Crippen LogP contribution < -0.4 is 15.6 Å². The maximum absolute atomic E-state index is 12.2. The number of rotatable bonds is 4. The molecule has 0 radical (unpaired) electrons. The van der Waals surface area contributed by atoms with Gasteiger partial charge in [-0.05, 0) is 45.0 Å². The molecule has 0 aliphatic rings. The molecular weight excluding hydrogens is 270 g/mol. The Morgan fingerprint density at radius 1 is 1.29 bits per heavy atom. The van der Waals surface area contributed by atoms with Crippen molar-refractivity contribution in [2.75, 3.05) is 11.9 Å². The van der Waals surface area contributed by atoms with Crippen molar-refractivity contribution in [2.24, 2.45) is 0 Å². The lowest BCUT2D eigenvalue weighted by molar-refractivity contribution is 0.102. The fourth-order valence-corrected chi connectivity index (χ4v) is 1.99. The Kier molecular flexibility index (Phi) is 4.37. The molecule has 0 bridgehead atoms. The van der Waals surface area contributed by atoms with Gasteiger partial charge in [-0.2, -0.15) is 0 Å². The zero-order valence-corrected chi connectivity index (χ0v) is 12.2. The Morgan fingerprint density at radius 2 is 1.95 bits per heavy atom. The number of carbonyl (C=O) groups excluding carboxylic acids is 1. The molecule has 1 aromatic heterocycles. The molecular formula is C15H17N3O3. The van der Waals surface area contributed by atoms with Crippen LogP contribution in [0.15, 0.2) is 29.1 Å². The molecule has 0 unspecified atom stereocenters. The third-order valence-electron chi connectivity index (χ3n) is 2.87. The fourth-order valence-electron chi connectivity index (χ4n) is 1.99. The van der Waals surface area contributed by atoms with Crippen molar-refractivity contribution in [3.05, 3.63) is 51.7 Å². The van der Waals surface area contributed by atoms with Crippen molar-refractivity contribution in [1.29, 1.82) is 0 Å².